The number of aromatic nitrogens is 3. The van der Waals surface area contributed by atoms with Crippen LogP contribution in [-0.2, 0) is 0 Å². The summed E-state index contributed by atoms with van der Waals surface area (Å²) >= 11 is 0. The average Bonchev–Trinajstić information content (AvgIpc) is 2.12. The fraction of sp³-hybridized carbons (Fsp3) is 0.125. The van der Waals surface area contributed by atoms with Crippen LogP contribution in [-0.4, -0.2) is 20.4 Å². The van der Waals surface area contributed by atoms with Crippen LogP contribution < -0.4 is 5.56 Å². The molecule has 5 heteroatoms. The zero-order chi connectivity index (χ0) is 9.42. The van der Waals surface area contributed by atoms with Gasteiger partial charge in [-0.2, -0.15) is 0 Å². The molecule has 66 valence electrons. The number of hydrogen-bond donors (Lipinski definition) is 1. The maximum atomic E-state index is 11.3. The monoisotopic (exact) mass is 177 g/mol. The molecule has 0 bridgehead atoms. The lowest BCUT2D eigenvalue weighted by Crippen LogP contribution is -2.21. The summed E-state index contributed by atoms with van der Waals surface area (Å²) in [5.41, 5.74) is 0.842. The molecular weight excluding hydrogens is 170 g/mol. The normalized spacial score (nSPS) is 10.5. The predicted octanol–water partition coefficient (Wildman–Crippen LogP) is 0.337. The van der Waals surface area contributed by atoms with Crippen LogP contribution >= 0.6 is 0 Å². The van der Waals surface area contributed by atoms with Crippen molar-refractivity contribution in [2.45, 2.75) is 6.92 Å². The number of nitrogens with zero attached hydrogens (tertiary/aromatic N) is 3. The summed E-state index contributed by atoms with van der Waals surface area (Å²) in [5, 5.41) is 16.3. The lowest BCUT2D eigenvalue weighted by atomic mass is 10.2. The summed E-state index contributed by atoms with van der Waals surface area (Å²) in [5.74, 6) is 0. The van der Waals surface area contributed by atoms with E-state index >= 15 is 0 Å². The van der Waals surface area contributed by atoms with Gasteiger partial charge in [-0.25, -0.2) is 0 Å². The Morgan fingerprint density at radius 3 is 3.00 bits per heavy atom. The van der Waals surface area contributed by atoms with E-state index in [-0.39, 0.29) is 4.85 Å². The molecule has 0 saturated carbocycles. The van der Waals surface area contributed by atoms with Crippen molar-refractivity contribution in [1.29, 1.82) is 0 Å². The Hall–Kier alpha value is -1.91. The third-order valence-electron chi connectivity index (χ3n) is 1.88. The first-order chi connectivity index (χ1) is 6.20. The van der Waals surface area contributed by atoms with Gasteiger partial charge >= 0.3 is 5.56 Å². The van der Waals surface area contributed by atoms with Crippen molar-refractivity contribution in [1.82, 2.24) is 15.2 Å². The highest BCUT2D eigenvalue weighted by molar-refractivity contribution is 5.79. The van der Waals surface area contributed by atoms with Gasteiger partial charge in [0.05, 0.1) is 5.39 Å². The molecule has 0 radical (unpaired) electrons. The van der Waals surface area contributed by atoms with Crippen molar-refractivity contribution in [3.05, 3.63) is 34.1 Å². The lowest BCUT2D eigenvalue weighted by Gasteiger charge is -1.98. The maximum Gasteiger partial charge on any atom is 0.314 e. The molecule has 13 heavy (non-hydrogen) atoms. The van der Waals surface area contributed by atoms with Gasteiger partial charge in [0.15, 0.2) is 0 Å². The average molecular weight is 177 g/mol. The van der Waals surface area contributed by atoms with Crippen LogP contribution in [0.5, 0.6) is 0 Å². The van der Waals surface area contributed by atoms with Gasteiger partial charge in [0, 0.05) is 0 Å². The maximum absolute atomic E-state index is 11.3. The molecule has 0 amide bonds. The van der Waals surface area contributed by atoms with E-state index in [4.69, 9.17) is 5.21 Å². The van der Waals surface area contributed by atoms with Crippen LogP contribution in [0.1, 0.15) is 5.56 Å². The minimum absolute atomic E-state index is 0.238. The number of aryl methyl sites for hydroxylation is 1. The number of rotatable bonds is 0. The molecule has 5 nitrogen and oxygen atoms in total. The number of benzene rings is 1. The van der Waals surface area contributed by atoms with E-state index in [2.05, 4.69) is 10.3 Å². The van der Waals surface area contributed by atoms with E-state index in [0.29, 0.717) is 10.9 Å². The zero-order valence-corrected chi connectivity index (χ0v) is 6.93. The third-order valence-corrected chi connectivity index (χ3v) is 1.88. The van der Waals surface area contributed by atoms with Crippen molar-refractivity contribution < 1.29 is 5.21 Å². The highest BCUT2D eigenvalue weighted by atomic mass is 16.5. The molecule has 0 saturated heterocycles. The first-order valence-electron chi connectivity index (χ1n) is 3.75. The van der Waals surface area contributed by atoms with Crippen molar-refractivity contribution in [2.24, 2.45) is 0 Å². The van der Waals surface area contributed by atoms with Gasteiger partial charge < -0.3 is 5.21 Å². The van der Waals surface area contributed by atoms with Crippen molar-refractivity contribution in [3.63, 3.8) is 0 Å². The van der Waals surface area contributed by atoms with E-state index in [1.165, 1.54) is 0 Å². The van der Waals surface area contributed by atoms with E-state index in [9.17, 15) is 4.79 Å². The summed E-state index contributed by atoms with van der Waals surface area (Å²) in [7, 11) is 0. The van der Waals surface area contributed by atoms with Gasteiger partial charge in [-0.3, -0.25) is 4.79 Å². The molecule has 0 fully saturated rings. The Morgan fingerprint density at radius 1 is 1.46 bits per heavy atom. The summed E-state index contributed by atoms with van der Waals surface area (Å²) in [4.78, 5) is 11.5. The second-order valence-electron chi connectivity index (χ2n) is 2.76. The molecule has 2 rings (SSSR count). The summed E-state index contributed by atoms with van der Waals surface area (Å²) in [6, 6.07) is 5.17. The Balaban J connectivity index is 3.03. The summed E-state index contributed by atoms with van der Waals surface area (Å²) < 4.78 is 0. The van der Waals surface area contributed by atoms with Crippen LogP contribution in [0.25, 0.3) is 10.9 Å². The molecule has 1 heterocycles. The van der Waals surface area contributed by atoms with E-state index in [0.717, 1.165) is 5.56 Å². The van der Waals surface area contributed by atoms with Crippen LogP contribution in [0.2, 0.25) is 0 Å². The summed E-state index contributed by atoms with van der Waals surface area (Å²) in [6.07, 6.45) is 0. The first-order valence-corrected chi connectivity index (χ1v) is 3.75. The Morgan fingerprint density at radius 2 is 2.23 bits per heavy atom. The SMILES string of the molecule is Cc1cccc2c(=O)n(O)nnc12. The quantitative estimate of drug-likeness (QED) is 0.589. The second-order valence-corrected chi connectivity index (χ2v) is 2.76. The second kappa shape index (κ2) is 2.55. The molecular formula is C8H7N3O2. The zero-order valence-electron chi connectivity index (χ0n) is 6.93. The number of fused-ring (bicyclic) bond motifs is 1. The van der Waals surface area contributed by atoms with Crippen molar-refractivity contribution >= 4 is 10.9 Å². The largest absolute Gasteiger partial charge is 0.407 e. The van der Waals surface area contributed by atoms with Crippen LogP contribution in [0.4, 0.5) is 0 Å². The molecule has 1 aromatic heterocycles. The molecule has 1 N–H and O–H groups in total. The molecule has 1 aromatic carbocycles. The smallest absolute Gasteiger partial charge is 0.314 e. The highest BCUT2D eigenvalue weighted by Crippen LogP contribution is 2.09. The molecule has 0 aliphatic carbocycles. The van der Waals surface area contributed by atoms with E-state index in [1.807, 2.05) is 13.0 Å². The molecule has 0 atom stereocenters. The van der Waals surface area contributed by atoms with Crippen LogP contribution in [0.15, 0.2) is 23.0 Å². The van der Waals surface area contributed by atoms with Gasteiger partial charge in [0.25, 0.3) is 0 Å². The molecule has 0 aliphatic rings. The number of hydrogen-bond acceptors (Lipinski definition) is 4. The summed E-state index contributed by atoms with van der Waals surface area (Å²) in [6.45, 7) is 1.83. The van der Waals surface area contributed by atoms with Gasteiger partial charge in [0.1, 0.15) is 5.52 Å². The topological polar surface area (TPSA) is 68.0 Å². The molecule has 0 spiro atoms. The Bertz CT molecular complexity index is 518. The standard InChI is InChI=1S/C8H7N3O2/c1-5-3-2-4-6-7(5)9-10-11(13)8(6)12/h2-4,13H,1H3. The fourth-order valence-corrected chi connectivity index (χ4v) is 1.20. The highest BCUT2D eigenvalue weighted by Gasteiger charge is 2.04. The Labute approximate surface area is 73.2 Å². The van der Waals surface area contributed by atoms with Crippen molar-refractivity contribution in [3.8, 4) is 0 Å². The first kappa shape index (κ1) is 7.72. The van der Waals surface area contributed by atoms with Crippen LogP contribution in [0.3, 0.4) is 0 Å². The van der Waals surface area contributed by atoms with E-state index in [1.54, 1.807) is 12.1 Å². The fourth-order valence-electron chi connectivity index (χ4n) is 1.20. The van der Waals surface area contributed by atoms with Gasteiger partial charge in [-0.05, 0) is 28.6 Å². The molecule has 0 aliphatic heterocycles. The third kappa shape index (κ3) is 1.05. The van der Waals surface area contributed by atoms with Gasteiger partial charge in [-0.15, -0.1) is 5.10 Å². The van der Waals surface area contributed by atoms with Gasteiger partial charge in [0.2, 0.25) is 0 Å². The molecule has 0 unspecified atom stereocenters. The van der Waals surface area contributed by atoms with Crippen molar-refractivity contribution in [2.75, 3.05) is 0 Å². The van der Waals surface area contributed by atoms with Gasteiger partial charge in [-0.1, -0.05) is 12.1 Å². The lowest BCUT2D eigenvalue weighted by molar-refractivity contribution is 0.127. The molecule has 2 aromatic rings. The minimum atomic E-state index is -0.548. The predicted molar refractivity (Wildman–Crippen MR) is 45.7 cm³/mol. The Kier molecular flexibility index (Phi) is 1.51. The van der Waals surface area contributed by atoms with Crippen LogP contribution in [0, 0.1) is 6.92 Å². The van der Waals surface area contributed by atoms with E-state index < -0.39 is 5.56 Å². The minimum Gasteiger partial charge on any atom is -0.407 e.